The molecule has 7 nitrogen and oxygen atoms in total. The second-order valence-electron chi connectivity index (χ2n) is 10.9. The van der Waals surface area contributed by atoms with Gasteiger partial charge in [0.05, 0.1) is 11.9 Å². The van der Waals surface area contributed by atoms with Crippen molar-refractivity contribution in [2.45, 2.75) is 52.2 Å². The van der Waals surface area contributed by atoms with Gasteiger partial charge in [-0.3, -0.25) is 13.9 Å². The minimum Gasteiger partial charge on any atom is -0.350 e. The summed E-state index contributed by atoms with van der Waals surface area (Å²) in [5.74, 6) is -0.972. The Balaban J connectivity index is 2.13. The lowest BCUT2D eigenvalue weighted by Crippen LogP contribution is -2.56. The first-order valence-corrected chi connectivity index (χ1v) is 16.3. The number of nitrogens with zero attached hydrogens (tertiary/aromatic N) is 2. The number of halogens is 3. The number of anilines is 1. The van der Waals surface area contributed by atoms with Gasteiger partial charge in [0.25, 0.3) is 0 Å². The highest BCUT2D eigenvalue weighted by molar-refractivity contribution is 9.10. The first kappa shape index (κ1) is 32.9. The zero-order valence-electron chi connectivity index (χ0n) is 23.6. The Kier molecular flexibility index (Phi) is 10.9. The number of sulfonamides is 1. The van der Waals surface area contributed by atoms with E-state index in [0.29, 0.717) is 21.3 Å². The molecule has 0 bridgehead atoms. The summed E-state index contributed by atoms with van der Waals surface area (Å²) in [6.45, 7) is 6.74. The van der Waals surface area contributed by atoms with Crippen molar-refractivity contribution in [2.24, 2.45) is 0 Å². The molecule has 0 aliphatic rings. The van der Waals surface area contributed by atoms with Gasteiger partial charge in [0.1, 0.15) is 12.6 Å². The molecule has 3 rings (SSSR count). The van der Waals surface area contributed by atoms with Gasteiger partial charge in [-0.2, -0.15) is 0 Å². The molecular weight excluding hydrogens is 649 g/mol. The third-order valence-corrected chi connectivity index (χ3v) is 9.01. The molecule has 0 saturated heterocycles. The molecular formula is C30H34BrCl2N3O4S. The number of carbonyl (C=O) groups is 2. The van der Waals surface area contributed by atoms with Crippen LogP contribution >= 0.6 is 39.1 Å². The van der Waals surface area contributed by atoms with Crippen LogP contribution in [0.3, 0.4) is 0 Å². The van der Waals surface area contributed by atoms with Crippen LogP contribution < -0.4 is 9.62 Å². The predicted octanol–water partition coefficient (Wildman–Crippen LogP) is 6.39. The van der Waals surface area contributed by atoms with E-state index in [9.17, 15) is 18.0 Å². The molecule has 0 aliphatic heterocycles. The molecule has 2 amide bonds. The van der Waals surface area contributed by atoms with Crippen LogP contribution in [0.15, 0.2) is 71.2 Å². The maximum atomic E-state index is 14.2. The lowest BCUT2D eigenvalue weighted by atomic mass is 10.0. The van der Waals surface area contributed by atoms with E-state index in [4.69, 9.17) is 23.2 Å². The Morgan fingerprint density at radius 1 is 0.976 bits per heavy atom. The number of hydrogen-bond acceptors (Lipinski definition) is 4. The summed E-state index contributed by atoms with van der Waals surface area (Å²) in [7, 11) is -3.88. The molecule has 0 heterocycles. The molecule has 0 fully saturated rings. The van der Waals surface area contributed by atoms with Crippen LogP contribution in [0.5, 0.6) is 0 Å². The molecule has 1 N–H and O–H groups in total. The van der Waals surface area contributed by atoms with Gasteiger partial charge in [-0.05, 0) is 69.2 Å². The smallest absolute Gasteiger partial charge is 0.244 e. The molecule has 1 unspecified atom stereocenters. The average molecular weight is 683 g/mol. The monoisotopic (exact) mass is 681 g/mol. The number of carbonyl (C=O) groups excluding carboxylic acids is 2. The third kappa shape index (κ3) is 9.20. The van der Waals surface area contributed by atoms with Crippen LogP contribution in [0.2, 0.25) is 10.0 Å². The van der Waals surface area contributed by atoms with Gasteiger partial charge in [0.15, 0.2) is 0 Å². The Bertz CT molecular complexity index is 1490. The number of nitrogens with one attached hydrogen (secondary N) is 1. The largest absolute Gasteiger partial charge is 0.350 e. The molecule has 0 radical (unpaired) electrons. The van der Waals surface area contributed by atoms with Gasteiger partial charge >= 0.3 is 0 Å². The van der Waals surface area contributed by atoms with Crippen LogP contribution in [0.25, 0.3) is 0 Å². The Morgan fingerprint density at radius 2 is 1.59 bits per heavy atom. The van der Waals surface area contributed by atoms with Crippen molar-refractivity contribution in [3.63, 3.8) is 0 Å². The molecule has 0 aromatic heterocycles. The van der Waals surface area contributed by atoms with E-state index in [1.807, 2.05) is 58.0 Å². The van der Waals surface area contributed by atoms with E-state index >= 15 is 0 Å². The zero-order valence-corrected chi connectivity index (χ0v) is 27.5. The number of aryl methyl sites for hydroxylation is 1. The fraction of sp³-hybridized carbons (Fsp3) is 0.333. The van der Waals surface area contributed by atoms with Crippen molar-refractivity contribution in [1.29, 1.82) is 0 Å². The fourth-order valence-corrected chi connectivity index (χ4v) is 5.86. The van der Waals surface area contributed by atoms with Crippen LogP contribution in [0.1, 0.15) is 37.5 Å². The van der Waals surface area contributed by atoms with Gasteiger partial charge < -0.3 is 10.2 Å². The maximum Gasteiger partial charge on any atom is 0.244 e. The van der Waals surface area contributed by atoms with Crippen molar-refractivity contribution in [3.05, 3.63) is 97.9 Å². The normalized spacial score (nSPS) is 12.5. The van der Waals surface area contributed by atoms with Crippen molar-refractivity contribution in [1.82, 2.24) is 10.2 Å². The molecule has 0 aliphatic carbocycles. The van der Waals surface area contributed by atoms with E-state index < -0.39 is 34.1 Å². The lowest BCUT2D eigenvalue weighted by Gasteiger charge is -2.35. The predicted molar refractivity (Wildman–Crippen MR) is 170 cm³/mol. The second kappa shape index (κ2) is 13.6. The maximum absolute atomic E-state index is 14.2. The summed E-state index contributed by atoms with van der Waals surface area (Å²) >= 11 is 16.4. The summed E-state index contributed by atoms with van der Waals surface area (Å²) in [4.78, 5) is 29.4. The number of benzene rings is 3. The van der Waals surface area contributed by atoms with E-state index in [2.05, 4.69) is 21.2 Å². The average Bonchev–Trinajstić information content (AvgIpc) is 2.86. The summed E-state index contributed by atoms with van der Waals surface area (Å²) in [6.07, 6.45) is 1.23. The van der Waals surface area contributed by atoms with Crippen molar-refractivity contribution in [3.8, 4) is 0 Å². The van der Waals surface area contributed by atoms with E-state index in [1.54, 1.807) is 36.4 Å². The number of amides is 2. The molecule has 11 heteroatoms. The molecule has 1 atom stereocenters. The van der Waals surface area contributed by atoms with Gasteiger partial charge in [-0.25, -0.2) is 8.42 Å². The Labute approximate surface area is 261 Å². The molecule has 220 valence electrons. The summed E-state index contributed by atoms with van der Waals surface area (Å²) < 4.78 is 27.8. The second-order valence-corrected chi connectivity index (χ2v) is 14.4. The standard InChI is InChI=1S/C30H34BrCl2N3O4S/c1-20-16-22(14-15-24(20)31)36(41(5,39)40)19-28(37)35(18-23-25(32)12-9-13-26(23)33)27(29(38)34-30(2,3)4)17-21-10-7-6-8-11-21/h6-16,27H,17-19H2,1-5H3,(H,34,38). The minimum absolute atomic E-state index is 0.108. The van der Waals surface area contributed by atoms with Crippen LogP contribution in [0, 0.1) is 6.92 Å². The fourth-order valence-electron chi connectivity index (χ4n) is 4.26. The molecule has 0 spiro atoms. The first-order valence-electron chi connectivity index (χ1n) is 12.9. The molecule has 3 aromatic rings. The first-order chi connectivity index (χ1) is 19.1. The molecule has 3 aromatic carbocycles. The highest BCUT2D eigenvalue weighted by Crippen LogP contribution is 2.29. The lowest BCUT2D eigenvalue weighted by molar-refractivity contribution is -0.140. The zero-order chi connectivity index (χ0) is 30.5. The highest BCUT2D eigenvalue weighted by atomic mass is 79.9. The topological polar surface area (TPSA) is 86.8 Å². The number of hydrogen-bond donors (Lipinski definition) is 1. The van der Waals surface area contributed by atoms with E-state index in [1.165, 1.54) is 4.90 Å². The van der Waals surface area contributed by atoms with Crippen molar-refractivity contribution in [2.75, 3.05) is 17.1 Å². The van der Waals surface area contributed by atoms with E-state index in [0.717, 1.165) is 26.2 Å². The van der Waals surface area contributed by atoms with Crippen LogP contribution in [0.4, 0.5) is 5.69 Å². The Hall–Kier alpha value is -2.59. The van der Waals surface area contributed by atoms with Crippen LogP contribution in [-0.2, 0) is 32.6 Å². The number of rotatable bonds is 10. The Morgan fingerprint density at radius 3 is 2.12 bits per heavy atom. The van der Waals surface area contributed by atoms with E-state index in [-0.39, 0.29) is 18.9 Å². The van der Waals surface area contributed by atoms with Gasteiger partial charge in [0, 0.05) is 38.6 Å². The third-order valence-electron chi connectivity index (χ3n) is 6.27. The van der Waals surface area contributed by atoms with Gasteiger partial charge in [0.2, 0.25) is 21.8 Å². The highest BCUT2D eigenvalue weighted by Gasteiger charge is 2.35. The summed E-state index contributed by atoms with van der Waals surface area (Å²) in [5.41, 5.74) is 1.83. The van der Waals surface area contributed by atoms with Crippen LogP contribution in [-0.4, -0.2) is 49.5 Å². The molecule has 41 heavy (non-hydrogen) atoms. The SMILES string of the molecule is Cc1cc(N(CC(=O)N(Cc2c(Cl)cccc2Cl)C(Cc2ccccc2)C(=O)NC(C)(C)C)S(C)(=O)=O)ccc1Br. The van der Waals surface area contributed by atoms with Crippen molar-refractivity contribution >= 4 is 66.7 Å². The minimum atomic E-state index is -3.88. The summed E-state index contributed by atoms with van der Waals surface area (Å²) in [6, 6.07) is 18.3. The van der Waals surface area contributed by atoms with Gasteiger partial charge in [-0.15, -0.1) is 0 Å². The molecule has 0 saturated carbocycles. The van der Waals surface area contributed by atoms with Gasteiger partial charge in [-0.1, -0.05) is 75.5 Å². The quantitative estimate of drug-likeness (QED) is 0.269. The summed E-state index contributed by atoms with van der Waals surface area (Å²) in [5, 5.41) is 3.64. The van der Waals surface area contributed by atoms with Crippen molar-refractivity contribution < 1.29 is 18.0 Å².